The molecule has 0 heterocycles. The molecule has 2 N–H and O–H groups in total. The van der Waals surface area contributed by atoms with Gasteiger partial charge in [0.25, 0.3) is 5.91 Å². The van der Waals surface area contributed by atoms with Crippen molar-refractivity contribution in [1.29, 1.82) is 0 Å². The molecule has 9 heteroatoms. The molecule has 146 valence electrons. The Balaban J connectivity index is 2.04. The molecule has 2 aromatic rings. The van der Waals surface area contributed by atoms with E-state index in [1.807, 2.05) is 0 Å². The predicted molar refractivity (Wildman–Crippen MR) is 107 cm³/mol. The van der Waals surface area contributed by atoms with E-state index in [4.69, 9.17) is 27.9 Å². The van der Waals surface area contributed by atoms with Crippen LogP contribution in [-0.2, 0) is 14.8 Å². The molecule has 6 nitrogen and oxygen atoms in total. The van der Waals surface area contributed by atoms with E-state index in [2.05, 4.69) is 10.0 Å². The van der Waals surface area contributed by atoms with Crippen molar-refractivity contribution in [3.63, 3.8) is 0 Å². The quantitative estimate of drug-likeness (QED) is 0.694. The van der Waals surface area contributed by atoms with Crippen molar-refractivity contribution in [2.24, 2.45) is 0 Å². The van der Waals surface area contributed by atoms with Crippen molar-refractivity contribution < 1.29 is 17.9 Å². The molecule has 0 aliphatic carbocycles. The minimum atomic E-state index is -3.59. The maximum Gasteiger partial charge on any atom is 0.262 e. The summed E-state index contributed by atoms with van der Waals surface area (Å²) in [6, 6.07) is 9.13. The van der Waals surface area contributed by atoms with Gasteiger partial charge in [-0.25, -0.2) is 13.1 Å². The fourth-order valence-electron chi connectivity index (χ4n) is 2.26. The summed E-state index contributed by atoms with van der Waals surface area (Å²) in [6.45, 7) is 4.93. The molecule has 0 fully saturated rings. The second-order valence-corrected chi connectivity index (χ2v) is 8.64. The summed E-state index contributed by atoms with van der Waals surface area (Å²) in [6.07, 6.45) is 0. The summed E-state index contributed by atoms with van der Waals surface area (Å²) in [7, 11) is -3.59. The normalized spacial score (nSPS) is 11.5. The van der Waals surface area contributed by atoms with Crippen LogP contribution in [0.15, 0.2) is 41.3 Å². The first-order valence-electron chi connectivity index (χ1n) is 8.10. The average Bonchev–Trinajstić information content (AvgIpc) is 2.56. The minimum Gasteiger partial charge on any atom is -0.483 e. The topological polar surface area (TPSA) is 84.5 Å². The van der Waals surface area contributed by atoms with Gasteiger partial charge < -0.3 is 10.1 Å². The summed E-state index contributed by atoms with van der Waals surface area (Å²) in [5, 5.41) is 3.19. The van der Waals surface area contributed by atoms with Crippen LogP contribution in [0.5, 0.6) is 5.75 Å². The van der Waals surface area contributed by atoms with Crippen LogP contribution in [0, 0.1) is 6.92 Å². The molecular formula is C18H20Cl2N2O4S. The molecule has 0 radical (unpaired) electrons. The van der Waals surface area contributed by atoms with Gasteiger partial charge in [-0.3, -0.25) is 4.79 Å². The van der Waals surface area contributed by atoms with Crippen molar-refractivity contribution in [3.8, 4) is 5.75 Å². The predicted octanol–water partition coefficient (Wildman–Crippen LogP) is 4.01. The molecule has 0 aliphatic heterocycles. The van der Waals surface area contributed by atoms with Crippen molar-refractivity contribution in [1.82, 2.24) is 4.72 Å². The van der Waals surface area contributed by atoms with Crippen LogP contribution < -0.4 is 14.8 Å². The van der Waals surface area contributed by atoms with Crippen LogP contribution >= 0.6 is 23.2 Å². The van der Waals surface area contributed by atoms with Gasteiger partial charge in [0.05, 0.1) is 20.6 Å². The zero-order chi connectivity index (χ0) is 20.2. The number of sulfonamides is 1. The first kappa shape index (κ1) is 21.5. The van der Waals surface area contributed by atoms with E-state index in [1.165, 1.54) is 18.2 Å². The maximum atomic E-state index is 12.2. The number of hydrogen-bond acceptors (Lipinski definition) is 4. The Hall–Kier alpha value is -1.80. The van der Waals surface area contributed by atoms with Crippen molar-refractivity contribution in [2.45, 2.75) is 31.7 Å². The van der Waals surface area contributed by atoms with Gasteiger partial charge in [-0.2, -0.15) is 0 Å². The Labute approximate surface area is 168 Å². The maximum absolute atomic E-state index is 12.2. The van der Waals surface area contributed by atoms with Gasteiger partial charge in [0.15, 0.2) is 6.61 Å². The molecule has 0 aliphatic rings. The summed E-state index contributed by atoms with van der Waals surface area (Å²) in [5.41, 5.74) is 0.978. The van der Waals surface area contributed by atoms with Crippen LogP contribution in [0.25, 0.3) is 0 Å². The largest absolute Gasteiger partial charge is 0.483 e. The summed E-state index contributed by atoms with van der Waals surface area (Å²) in [5.74, 6) is -0.0115. The van der Waals surface area contributed by atoms with E-state index in [0.717, 1.165) is 0 Å². The van der Waals surface area contributed by atoms with Gasteiger partial charge in [0.1, 0.15) is 5.75 Å². The number of anilines is 1. The number of halogens is 2. The monoisotopic (exact) mass is 430 g/mol. The van der Waals surface area contributed by atoms with E-state index in [9.17, 15) is 13.2 Å². The highest BCUT2D eigenvalue weighted by Gasteiger charge is 2.17. The third-order valence-corrected chi connectivity index (χ3v) is 5.91. The first-order chi connectivity index (χ1) is 12.6. The van der Waals surface area contributed by atoms with E-state index in [1.54, 1.807) is 39.0 Å². The van der Waals surface area contributed by atoms with Crippen LogP contribution in [0.2, 0.25) is 10.0 Å². The standard InChI is InChI=1S/C18H20Cl2N2O4S/c1-11(2)22-27(24,25)13-7-8-16(12(3)9-13)26-10-17(23)21-15-6-4-5-14(19)18(15)20/h4-9,11,22H,10H2,1-3H3,(H,21,23). The van der Waals surface area contributed by atoms with Crippen molar-refractivity contribution >= 4 is 44.8 Å². The number of carbonyl (C=O) groups excluding carboxylic acids is 1. The number of aryl methyl sites for hydroxylation is 1. The Bertz CT molecular complexity index is 946. The molecular weight excluding hydrogens is 411 g/mol. The Kier molecular flexibility index (Phi) is 7.11. The van der Waals surface area contributed by atoms with Crippen LogP contribution in [-0.4, -0.2) is 27.0 Å². The molecule has 0 atom stereocenters. The fourth-order valence-corrected chi connectivity index (χ4v) is 3.94. The molecule has 0 saturated carbocycles. The number of benzene rings is 2. The summed E-state index contributed by atoms with van der Waals surface area (Å²) < 4.78 is 32.4. The summed E-state index contributed by atoms with van der Waals surface area (Å²) in [4.78, 5) is 12.2. The minimum absolute atomic E-state index is 0.135. The lowest BCUT2D eigenvalue weighted by molar-refractivity contribution is -0.118. The first-order valence-corrected chi connectivity index (χ1v) is 10.3. The van der Waals surface area contributed by atoms with Gasteiger partial charge in [-0.05, 0) is 56.7 Å². The number of carbonyl (C=O) groups is 1. The van der Waals surface area contributed by atoms with Crippen molar-refractivity contribution in [3.05, 3.63) is 52.0 Å². The molecule has 27 heavy (non-hydrogen) atoms. The van der Waals surface area contributed by atoms with Crippen LogP contribution in [0.3, 0.4) is 0 Å². The molecule has 1 amide bonds. The van der Waals surface area contributed by atoms with Gasteiger partial charge in [0.2, 0.25) is 10.0 Å². The Morgan fingerprint density at radius 2 is 1.89 bits per heavy atom. The molecule has 0 aromatic heterocycles. The summed E-state index contributed by atoms with van der Waals surface area (Å²) >= 11 is 11.9. The molecule has 2 rings (SSSR count). The second kappa shape index (κ2) is 8.93. The van der Waals surface area contributed by atoms with Crippen molar-refractivity contribution in [2.75, 3.05) is 11.9 Å². The van der Waals surface area contributed by atoms with Crippen LogP contribution in [0.4, 0.5) is 5.69 Å². The SMILES string of the molecule is Cc1cc(S(=O)(=O)NC(C)C)ccc1OCC(=O)Nc1cccc(Cl)c1Cl. The lowest BCUT2D eigenvalue weighted by Gasteiger charge is -2.13. The third kappa shape index (κ3) is 5.84. The lowest BCUT2D eigenvalue weighted by Crippen LogP contribution is -2.30. The number of rotatable bonds is 7. The van der Waals surface area contributed by atoms with E-state index in [-0.39, 0.29) is 22.6 Å². The highest BCUT2D eigenvalue weighted by molar-refractivity contribution is 7.89. The number of amides is 1. The number of hydrogen-bond donors (Lipinski definition) is 2. The van der Waals surface area contributed by atoms with Gasteiger partial charge in [-0.1, -0.05) is 29.3 Å². The van der Waals surface area contributed by atoms with Crippen LogP contribution in [0.1, 0.15) is 19.4 Å². The molecule has 0 spiro atoms. The zero-order valence-electron chi connectivity index (χ0n) is 15.0. The molecule has 0 saturated heterocycles. The van der Waals surface area contributed by atoms with E-state index >= 15 is 0 Å². The Morgan fingerprint density at radius 3 is 2.52 bits per heavy atom. The molecule has 2 aromatic carbocycles. The van der Waals surface area contributed by atoms with E-state index in [0.29, 0.717) is 22.0 Å². The Morgan fingerprint density at radius 1 is 1.19 bits per heavy atom. The fraction of sp³-hybridized carbons (Fsp3) is 0.278. The lowest BCUT2D eigenvalue weighted by atomic mass is 10.2. The smallest absolute Gasteiger partial charge is 0.262 e. The third-order valence-electron chi connectivity index (χ3n) is 3.43. The van der Waals surface area contributed by atoms with Gasteiger partial charge >= 0.3 is 0 Å². The highest BCUT2D eigenvalue weighted by Crippen LogP contribution is 2.29. The highest BCUT2D eigenvalue weighted by atomic mass is 35.5. The molecule has 0 unspecified atom stereocenters. The van der Waals surface area contributed by atoms with E-state index < -0.39 is 15.9 Å². The van der Waals surface area contributed by atoms with Gasteiger partial charge in [-0.15, -0.1) is 0 Å². The average molecular weight is 431 g/mol. The number of ether oxygens (including phenoxy) is 1. The zero-order valence-corrected chi connectivity index (χ0v) is 17.4. The van der Waals surface area contributed by atoms with Gasteiger partial charge in [0, 0.05) is 6.04 Å². The second-order valence-electron chi connectivity index (χ2n) is 6.14. The molecule has 0 bridgehead atoms. The number of nitrogens with one attached hydrogen (secondary N) is 2.